The van der Waals surface area contributed by atoms with Gasteiger partial charge in [0.1, 0.15) is 23.0 Å². The number of nitrogens with one attached hydrogen (secondary N) is 2. The molecule has 12 bridgehead atoms. The molecule has 0 aliphatic carbocycles. The topological polar surface area (TPSA) is 94.3 Å². The summed E-state index contributed by atoms with van der Waals surface area (Å²) >= 11 is 0. The molecule has 0 atom stereocenters. The van der Waals surface area contributed by atoms with Gasteiger partial charge in [0.2, 0.25) is 0 Å². The summed E-state index contributed by atoms with van der Waals surface area (Å²) in [5.74, 6) is 3.37. The fraction of sp³-hybridized carbons (Fsp3) is 0.353. The Balaban J connectivity index is 1.22. The minimum atomic E-state index is 0.647. The fourth-order valence-corrected chi connectivity index (χ4v) is 11.5. The van der Waals surface area contributed by atoms with Crippen LogP contribution in [0, 0.1) is 0 Å². The number of nitrogens with zero attached hydrogens (tertiary/aromatic N) is 2. The number of fused-ring (bicyclic) bond motifs is 10. The molecule has 7 heterocycles. The molecule has 7 aromatic rings. The SMILES string of the molecule is C1=Cc2nc1c1c3ccc([nH]3)c3c4nc(c(c5ccc([nH]5)c2-c2ccccc2OCCCCCCCCCCCCOc2ccccc2-3)-c2ccccc2OCCCCCCCCCCCCOc2ccccc2-1)C=C4. The first kappa shape index (κ1) is 50.8. The van der Waals surface area contributed by atoms with Crippen molar-refractivity contribution < 1.29 is 18.9 Å². The summed E-state index contributed by atoms with van der Waals surface area (Å²) < 4.78 is 27.2. The number of hydrogen-bond donors (Lipinski definition) is 2. The van der Waals surface area contributed by atoms with Crippen molar-refractivity contribution in [2.75, 3.05) is 26.4 Å². The maximum Gasteiger partial charge on any atom is 0.127 e. The van der Waals surface area contributed by atoms with Crippen molar-refractivity contribution in [1.29, 1.82) is 0 Å². The minimum absolute atomic E-state index is 0.647. The van der Waals surface area contributed by atoms with E-state index in [0.29, 0.717) is 26.4 Å². The van der Waals surface area contributed by atoms with Gasteiger partial charge in [-0.3, -0.25) is 0 Å². The molecule has 8 heteroatoms. The second-order valence-corrected chi connectivity index (χ2v) is 21.0. The number of rotatable bonds is 0. The lowest BCUT2D eigenvalue weighted by molar-refractivity contribution is 0.304. The van der Waals surface area contributed by atoms with Crippen LogP contribution in [0.25, 0.3) is 90.9 Å². The second-order valence-electron chi connectivity index (χ2n) is 21.0. The number of aromatic nitrogens is 4. The lowest BCUT2D eigenvalue weighted by atomic mass is 10.0. The number of hydrogen-bond acceptors (Lipinski definition) is 6. The maximum atomic E-state index is 6.80. The van der Waals surface area contributed by atoms with E-state index in [4.69, 9.17) is 28.9 Å². The third-order valence-electron chi connectivity index (χ3n) is 15.5. The molecular formula is C68H74N4O4. The molecule has 0 amide bonds. The average Bonchev–Trinajstić information content (AvgIpc) is 4.33. The summed E-state index contributed by atoms with van der Waals surface area (Å²) in [6.07, 6.45) is 32.4. The molecule has 3 aromatic heterocycles. The molecule has 0 fully saturated rings. The molecule has 4 aromatic carbocycles. The summed E-state index contributed by atoms with van der Waals surface area (Å²) in [6, 6.07) is 42.7. The zero-order chi connectivity index (χ0) is 51.1. The normalized spacial score (nSPS) is 16.5. The molecule has 0 spiro atoms. The highest BCUT2D eigenvalue weighted by Gasteiger charge is 2.23. The van der Waals surface area contributed by atoms with Gasteiger partial charge in [0.05, 0.1) is 49.2 Å². The minimum Gasteiger partial charge on any atom is -0.493 e. The van der Waals surface area contributed by atoms with Crippen LogP contribution in [-0.2, 0) is 0 Å². The molecule has 76 heavy (non-hydrogen) atoms. The van der Waals surface area contributed by atoms with Crippen molar-refractivity contribution in [3.63, 3.8) is 0 Å². The maximum absolute atomic E-state index is 6.80. The van der Waals surface area contributed by atoms with Crippen LogP contribution < -0.4 is 18.9 Å². The third-order valence-corrected chi connectivity index (χ3v) is 15.5. The first-order valence-corrected chi connectivity index (χ1v) is 28.8. The van der Waals surface area contributed by atoms with E-state index in [1.54, 1.807) is 0 Å². The van der Waals surface area contributed by atoms with E-state index in [-0.39, 0.29) is 0 Å². The predicted octanol–water partition coefficient (Wildman–Crippen LogP) is 18.7. The van der Waals surface area contributed by atoms with E-state index in [2.05, 4.69) is 156 Å². The van der Waals surface area contributed by atoms with E-state index >= 15 is 0 Å². The first-order chi connectivity index (χ1) is 37.8. The van der Waals surface area contributed by atoms with E-state index in [0.717, 1.165) is 164 Å². The Morgan fingerprint density at radius 3 is 0.697 bits per heavy atom. The summed E-state index contributed by atoms with van der Waals surface area (Å²) in [6.45, 7) is 2.59. The zero-order valence-electron chi connectivity index (χ0n) is 44.4. The van der Waals surface area contributed by atoms with Crippen LogP contribution in [0.15, 0.2) is 121 Å². The Labute approximate surface area is 449 Å². The molecule has 4 aliphatic heterocycles. The highest BCUT2D eigenvalue weighted by molar-refractivity contribution is 6.01. The third kappa shape index (κ3) is 12.0. The monoisotopic (exact) mass is 1010 g/mol. The van der Waals surface area contributed by atoms with Gasteiger partial charge in [-0.2, -0.15) is 0 Å². The molecular weight excluding hydrogens is 937 g/mol. The van der Waals surface area contributed by atoms with Crippen LogP contribution >= 0.6 is 0 Å². The van der Waals surface area contributed by atoms with Gasteiger partial charge in [0.25, 0.3) is 0 Å². The van der Waals surface area contributed by atoms with Crippen molar-refractivity contribution in [2.24, 2.45) is 0 Å². The van der Waals surface area contributed by atoms with Crippen molar-refractivity contribution in [3.05, 3.63) is 144 Å². The van der Waals surface area contributed by atoms with E-state index in [1.807, 2.05) is 0 Å². The number of benzene rings is 4. The molecule has 390 valence electrons. The van der Waals surface area contributed by atoms with Crippen molar-refractivity contribution >= 4 is 46.4 Å². The van der Waals surface area contributed by atoms with E-state index in [1.165, 1.54) is 77.0 Å². The first-order valence-electron chi connectivity index (χ1n) is 28.8. The highest BCUT2D eigenvalue weighted by Crippen LogP contribution is 2.44. The van der Waals surface area contributed by atoms with Gasteiger partial charge < -0.3 is 28.9 Å². The van der Waals surface area contributed by atoms with Gasteiger partial charge in [-0.15, -0.1) is 0 Å². The van der Waals surface area contributed by atoms with Crippen LogP contribution in [0.1, 0.15) is 151 Å². The molecule has 0 radical (unpaired) electrons. The molecule has 0 saturated carbocycles. The van der Waals surface area contributed by atoms with Gasteiger partial charge in [-0.25, -0.2) is 9.97 Å². The molecule has 2 N–H and O–H groups in total. The Bertz CT molecular complexity index is 2900. The van der Waals surface area contributed by atoms with E-state index in [9.17, 15) is 0 Å². The fourth-order valence-electron chi connectivity index (χ4n) is 11.5. The smallest absolute Gasteiger partial charge is 0.127 e. The number of ether oxygens (including phenoxy) is 4. The summed E-state index contributed by atoms with van der Waals surface area (Å²) in [5.41, 5.74) is 14.8. The molecule has 4 aliphatic rings. The van der Waals surface area contributed by atoms with E-state index < -0.39 is 0 Å². The lowest BCUT2D eigenvalue weighted by Crippen LogP contribution is -2.00. The van der Waals surface area contributed by atoms with Crippen molar-refractivity contribution in [2.45, 2.75) is 128 Å². The van der Waals surface area contributed by atoms with Crippen LogP contribution in [0.3, 0.4) is 0 Å². The summed E-state index contributed by atoms with van der Waals surface area (Å²) in [5, 5.41) is 0. The number of H-pyrrole nitrogens is 2. The largest absolute Gasteiger partial charge is 0.493 e. The quantitative estimate of drug-likeness (QED) is 0.157. The van der Waals surface area contributed by atoms with Crippen LogP contribution in [0.2, 0.25) is 0 Å². The number of aromatic amines is 2. The predicted molar refractivity (Wildman–Crippen MR) is 315 cm³/mol. The number of para-hydroxylation sites is 4. The van der Waals surface area contributed by atoms with Gasteiger partial charge in [0, 0.05) is 66.6 Å². The average molecular weight is 1010 g/mol. The zero-order valence-corrected chi connectivity index (χ0v) is 44.4. The Morgan fingerprint density at radius 2 is 0.461 bits per heavy atom. The molecule has 11 rings (SSSR count). The standard InChI is InChI=1S/C68H74N4O4/c1-2-6-10-14-26-46-74-62-34-22-18-30-50(62)66-55-41-43-59(71-55)67-51-31-19-23-35-63(51)75-47-27-15-11-7-3-4-8-12-16-28-48-76-64-36-24-20-32-52(64)68(60-44-42-56(66)72-60)58-40-38-54(70-58)65(53-37-39-57(67)69-53)49-29-17-21-33-61(49)73-45-25-13-9-5-1/h17-24,29-44,69,72H,1-16,25-28,45-48H2. The van der Waals surface area contributed by atoms with Crippen LogP contribution in [0.4, 0.5) is 0 Å². The van der Waals surface area contributed by atoms with Gasteiger partial charge >= 0.3 is 0 Å². The molecule has 0 saturated heterocycles. The Kier molecular flexibility index (Phi) is 17.0. The lowest BCUT2D eigenvalue weighted by Gasteiger charge is -2.14. The van der Waals surface area contributed by atoms with Crippen molar-refractivity contribution in [1.82, 2.24) is 19.9 Å². The summed E-state index contributed by atoms with van der Waals surface area (Å²) in [4.78, 5) is 19.3. The van der Waals surface area contributed by atoms with Gasteiger partial charge in [-0.1, -0.05) is 176 Å². The second kappa shape index (κ2) is 25.5. The van der Waals surface area contributed by atoms with Crippen molar-refractivity contribution in [3.8, 4) is 67.5 Å². The van der Waals surface area contributed by atoms with Gasteiger partial charge in [-0.05, 0) is 98.5 Å². The Hall–Kier alpha value is -7.32. The summed E-state index contributed by atoms with van der Waals surface area (Å²) in [7, 11) is 0. The molecule has 0 unspecified atom stereocenters. The highest BCUT2D eigenvalue weighted by atomic mass is 16.5. The van der Waals surface area contributed by atoms with Crippen LogP contribution in [-0.4, -0.2) is 46.4 Å². The Morgan fingerprint density at radius 1 is 0.250 bits per heavy atom. The molecule has 8 nitrogen and oxygen atoms in total. The van der Waals surface area contributed by atoms with Gasteiger partial charge in [0.15, 0.2) is 0 Å². The van der Waals surface area contributed by atoms with Crippen LogP contribution in [0.5, 0.6) is 23.0 Å².